The van der Waals surface area contributed by atoms with E-state index in [-0.39, 0.29) is 17.2 Å². The molecule has 1 aliphatic carbocycles. The lowest BCUT2D eigenvalue weighted by Crippen LogP contribution is -2.37. The number of thioether (sulfide) groups is 1. The molecule has 3 rings (SSSR count). The lowest BCUT2D eigenvalue weighted by Gasteiger charge is -2.27. The van der Waals surface area contributed by atoms with Gasteiger partial charge in [-0.3, -0.25) is 11.3 Å². The predicted molar refractivity (Wildman–Crippen MR) is 101 cm³/mol. The van der Waals surface area contributed by atoms with Crippen LogP contribution in [0.4, 0.5) is 4.39 Å². The minimum Gasteiger partial charge on any atom is -0.481 e. The second-order valence-corrected chi connectivity index (χ2v) is 7.22. The molecular formula is C18H25FN4OS. The van der Waals surface area contributed by atoms with Gasteiger partial charge in [-0.25, -0.2) is 4.39 Å². The topological polar surface area (TPSA) is 66.3 Å². The van der Waals surface area contributed by atoms with E-state index in [1.165, 1.54) is 6.08 Å². The van der Waals surface area contributed by atoms with Crippen LogP contribution in [0, 0.1) is 0 Å². The second-order valence-electron chi connectivity index (χ2n) is 6.23. The van der Waals surface area contributed by atoms with Crippen molar-refractivity contribution in [3.63, 3.8) is 0 Å². The molecule has 1 aromatic heterocycles. The van der Waals surface area contributed by atoms with Crippen LogP contribution in [-0.4, -0.2) is 29.1 Å². The Morgan fingerprint density at radius 3 is 3.04 bits per heavy atom. The van der Waals surface area contributed by atoms with Gasteiger partial charge in [0.2, 0.25) is 0 Å². The van der Waals surface area contributed by atoms with Crippen LogP contribution in [0.15, 0.2) is 41.9 Å². The number of ether oxygens (including phenoxy) is 1. The average molecular weight is 364 g/mol. The van der Waals surface area contributed by atoms with Crippen LogP contribution in [0.1, 0.15) is 42.8 Å². The number of hydrogen-bond donors (Lipinski definition) is 3. The first kappa shape index (κ1) is 18.1. The molecule has 136 valence electrons. The summed E-state index contributed by atoms with van der Waals surface area (Å²) in [6.07, 6.45) is 9.06. The first-order chi connectivity index (χ1) is 12.1. The van der Waals surface area contributed by atoms with Crippen molar-refractivity contribution >= 4 is 17.5 Å². The van der Waals surface area contributed by atoms with Crippen LogP contribution < -0.4 is 11.3 Å². The zero-order chi connectivity index (χ0) is 17.8. The normalized spacial score (nSPS) is 26.9. The Balaban J connectivity index is 1.82. The summed E-state index contributed by atoms with van der Waals surface area (Å²) >= 11 is 1.74. The maximum Gasteiger partial charge on any atom is 0.150 e. The number of rotatable bonds is 6. The molecule has 0 radical (unpaired) electrons. The van der Waals surface area contributed by atoms with Crippen LogP contribution in [0.3, 0.4) is 0 Å². The van der Waals surface area contributed by atoms with Crippen molar-refractivity contribution in [3.8, 4) is 0 Å². The number of hydrogen-bond acceptors (Lipinski definition) is 5. The molecule has 5 nitrogen and oxygen atoms in total. The Morgan fingerprint density at radius 2 is 2.40 bits per heavy atom. The number of nitrogens with two attached hydrogens (primary N) is 1. The number of allylic oxidation sites excluding steroid dienone is 1. The predicted octanol–water partition coefficient (Wildman–Crippen LogP) is 3.78. The summed E-state index contributed by atoms with van der Waals surface area (Å²) in [6, 6.07) is 1.93. The number of nitrogens with zero attached hydrogens (tertiary/aromatic N) is 1. The molecule has 7 heteroatoms. The Hall–Kier alpha value is -1.70. The fourth-order valence-corrected chi connectivity index (χ4v) is 4.14. The number of H-pyrrole nitrogens is 1. The summed E-state index contributed by atoms with van der Waals surface area (Å²) in [5.41, 5.74) is 4.66. The van der Waals surface area contributed by atoms with Crippen molar-refractivity contribution in [2.45, 2.75) is 43.7 Å². The molecule has 0 bridgehead atoms. The summed E-state index contributed by atoms with van der Waals surface area (Å²) in [5, 5.41) is 2.28. The number of aromatic amines is 1. The van der Waals surface area contributed by atoms with Gasteiger partial charge in [-0.15, -0.1) is 11.8 Å². The van der Waals surface area contributed by atoms with Crippen LogP contribution in [-0.2, 0) is 4.74 Å². The largest absolute Gasteiger partial charge is 0.481 e. The highest BCUT2D eigenvalue weighted by Crippen LogP contribution is 2.41. The number of nitrogens with one attached hydrogen (secondary N) is 2. The first-order valence-electron chi connectivity index (χ1n) is 8.56. The quantitative estimate of drug-likeness (QED) is 0.407. The molecule has 0 amide bonds. The Bertz CT molecular complexity index is 684. The standard InChI is InChI=1S/C18H25FN4OS/c1-3-4-16(24-15-6-5-12(22-20)11-14(15)19)17-13(7-8-21-17)18-23(2)9-10-25-18/h4,7-12,15,18,21-22H,3,5-6,20H2,1-2H3/b16-4+. The van der Waals surface area contributed by atoms with Gasteiger partial charge in [0.05, 0.1) is 5.69 Å². The molecular weight excluding hydrogens is 339 g/mol. The zero-order valence-electron chi connectivity index (χ0n) is 14.5. The first-order valence-corrected chi connectivity index (χ1v) is 9.50. The number of halogens is 1. The lowest BCUT2D eigenvalue weighted by atomic mass is 9.99. The van der Waals surface area contributed by atoms with Crippen LogP contribution in [0.5, 0.6) is 0 Å². The lowest BCUT2D eigenvalue weighted by molar-refractivity contribution is 0.149. The molecule has 0 fully saturated rings. The second kappa shape index (κ2) is 8.12. The summed E-state index contributed by atoms with van der Waals surface area (Å²) in [4.78, 5) is 5.43. The SMILES string of the molecule is CC/C=C(/OC1CCC(NN)C=C1F)c1[nH]ccc1C1SC=CN1C. The van der Waals surface area contributed by atoms with Gasteiger partial charge in [0, 0.05) is 31.0 Å². The molecule has 0 saturated carbocycles. The molecule has 0 aromatic carbocycles. The third-order valence-corrected chi connectivity index (χ3v) is 5.57. The third kappa shape index (κ3) is 3.94. The smallest absolute Gasteiger partial charge is 0.150 e. The van der Waals surface area contributed by atoms with E-state index in [2.05, 4.69) is 33.0 Å². The highest BCUT2D eigenvalue weighted by Gasteiger charge is 2.28. The molecule has 0 spiro atoms. The molecule has 1 aliphatic heterocycles. The van der Waals surface area contributed by atoms with Crippen LogP contribution in [0.2, 0.25) is 0 Å². The molecule has 25 heavy (non-hydrogen) atoms. The van der Waals surface area contributed by atoms with Gasteiger partial charge in [-0.2, -0.15) is 0 Å². The van der Waals surface area contributed by atoms with Gasteiger partial charge in [-0.05, 0) is 42.9 Å². The van der Waals surface area contributed by atoms with Crippen LogP contribution in [0.25, 0.3) is 5.76 Å². The van der Waals surface area contributed by atoms with Crippen molar-refractivity contribution in [2.24, 2.45) is 5.84 Å². The van der Waals surface area contributed by atoms with E-state index >= 15 is 0 Å². The van der Waals surface area contributed by atoms with E-state index in [9.17, 15) is 4.39 Å². The number of hydrazine groups is 1. The Morgan fingerprint density at radius 1 is 1.56 bits per heavy atom. The van der Waals surface area contributed by atoms with E-state index in [0.29, 0.717) is 12.2 Å². The zero-order valence-corrected chi connectivity index (χ0v) is 15.4. The summed E-state index contributed by atoms with van der Waals surface area (Å²) < 4.78 is 20.5. The summed E-state index contributed by atoms with van der Waals surface area (Å²) in [5.74, 6) is 5.85. The van der Waals surface area contributed by atoms with Crippen molar-refractivity contribution in [1.29, 1.82) is 0 Å². The molecule has 2 heterocycles. The van der Waals surface area contributed by atoms with Crippen molar-refractivity contribution in [1.82, 2.24) is 15.3 Å². The summed E-state index contributed by atoms with van der Waals surface area (Å²) in [7, 11) is 2.05. The van der Waals surface area contributed by atoms with E-state index in [0.717, 1.165) is 24.1 Å². The van der Waals surface area contributed by atoms with Gasteiger partial charge >= 0.3 is 0 Å². The van der Waals surface area contributed by atoms with E-state index in [1.807, 2.05) is 26.2 Å². The minimum atomic E-state index is -0.564. The molecule has 1 aromatic rings. The van der Waals surface area contributed by atoms with Crippen molar-refractivity contribution in [3.05, 3.63) is 53.1 Å². The molecule has 3 unspecified atom stereocenters. The highest BCUT2D eigenvalue weighted by molar-refractivity contribution is 8.02. The maximum atomic E-state index is 14.4. The number of aromatic nitrogens is 1. The monoisotopic (exact) mass is 364 g/mol. The molecule has 4 N–H and O–H groups in total. The Labute approximate surface area is 152 Å². The van der Waals surface area contributed by atoms with Crippen LogP contribution >= 0.6 is 11.8 Å². The fourth-order valence-electron chi connectivity index (χ4n) is 3.12. The van der Waals surface area contributed by atoms with Crippen molar-refractivity contribution in [2.75, 3.05) is 7.05 Å². The van der Waals surface area contributed by atoms with Gasteiger partial charge in [0.25, 0.3) is 0 Å². The maximum absolute atomic E-state index is 14.4. The molecule has 3 atom stereocenters. The van der Waals surface area contributed by atoms with E-state index in [1.54, 1.807) is 11.8 Å². The van der Waals surface area contributed by atoms with Gasteiger partial charge < -0.3 is 14.6 Å². The van der Waals surface area contributed by atoms with Gasteiger partial charge in [0.1, 0.15) is 23.1 Å². The van der Waals surface area contributed by atoms with Crippen molar-refractivity contribution < 1.29 is 9.13 Å². The highest BCUT2D eigenvalue weighted by atomic mass is 32.2. The van der Waals surface area contributed by atoms with Gasteiger partial charge in [0.15, 0.2) is 0 Å². The average Bonchev–Trinajstić information content (AvgIpc) is 3.24. The third-order valence-electron chi connectivity index (χ3n) is 4.45. The minimum absolute atomic E-state index is 0.130. The molecule has 0 saturated heterocycles. The van der Waals surface area contributed by atoms with E-state index < -0.39 is 6.10 Å². The van der Waals surface area contributed by atoms with Gasteiger partial charge in [-0.1, -0.05) is 6.92 Å². The Kier molecular flexibility index (Phi) is 5.88. The van der Waals surface area contributed by atoms with E-state index in [4.69, 9.17) is 10.6 Å². The fraction of sp³-hybridized carbons (Fsp3) is 0.444. The molecule has 2 aliphatic rings. The summed E-state index contributed by atoms with van der Waals surface area (Å²) in [6.45, 7) is 2.05.